The number of hydrogen-bond donors (Lipinski definition) is 0. The molecule has 0 aromatic rings. The Labute approximate surface area is 130 Å². The van der Waals surface area contributed by atoms with E-state index in [4.69, 9.17) is 0 Å². The Bertz CT molecular complexity index is 174. The standard InChI is InChI=1S/C7H21Si4Te3/c1-8(2,12)11(7,9(3,4)13)10(5,6)14/h1-7H3. The first-order valence-corrected chi connectivity index (χ1v) is 29.6. The summed E-state index contributed by atoms with van der Waals surface area (Å²) in [5.74, 6) is 0. The molecule has 0 amide bonds. The second-order valence-corrected chi connectivity index (χ2v) is 78.0. The van der Waals surface area contributed by atoms with E-state index in [1.165, 1.54) is 0 Å². The van der Waals surface area contributed by atoms with Crippen LogP contribution < -0.4 is 0 Å². The fraction of sp³-hybridized carbons (Fsp3) is 1.00. The minimum absolute atomic E-state index is 0.904. The van der Waals surface area contributed by atoms with E-state index in [1.807, 2.05) is 0 Å². The van der Waals surface area contributed by atoms with Crippen LogP contribution in [0.15, 0.2) is 0 Å². The fourth-order valence-electron chi connectivity index (χ4n) is 2.17. The van der Waals surface area contributed by atoms with E-state index < -0.39 is 22.0 Å². The summed E-state index contributed by atoms with van der Waals surface area (Å²) in [5, 5.41) is -2.71. The van der Waals surface area contributed by atoms with Crippen LogP contribution in [0, 0.1) is 0 Å². The van der Waals surface area contributed by atoms with Crippen LogP contribution in [0.3, 0.4) is 0 Å². The molecule has 14 heavy (non-hydrogen) atoms. The summed E-state index contributed by atoms with van der Waals surface area (Å²) < 4.78 is 0. The molecule has 0 aromatic carbocycles. The van der Waals surface area contributed by atoms with Crippen molar-refractivity contribution >= 4 is 86.6 Å². The van der Waals surface area contributed by atoms with Crippen molar-refractivity contribution in [1.29, 1.82) is 0 Å². The van der Waals surface area contributed by atoms with Crippen molar-refractivity contribution in [3.05, 3.63) is 0 Å². The van der Waals surface area contributed by atoms with Crippen molar-refractivity contribution in [3.8, 4) is 0 Å². The fourth-order valence-corrected chi connectivity index (χ4v) is 227. The monoisotopic (exact) mass is 607 g/mol. The van der Waals surface area contributed by atoms with Gasteiger partial charge < -0.3 is 0 Å². The summed E-state index contributed by atoms with van der Waals surface area (Å²) in [4.78, 5) is 0. The van der Waals surface area contributed by atoms with E-state index in [2.05, 4.69) is 110 Å². The zero-order valence-corrected chi connectivity index (χ0v) is 21.2. The molecular weight excluding hydrogens is 579 g/mol. The molecular formula is C7H21Si4Te3. The van der Waals surface area contributed by atoms with Gasteiger partial charge in [-0.2, -0.15) is 0 Å². The average Bonchev–Trinajstić information content (AvgIpc) is 1.77. The van der Waals surface area contributed by atoms with Crippen molar-refractivity contribution in [2.45, 2.75) is 45.8 Å². The van der Waals surface area contributed by atoms with Crippen LogP contribution in [0.5, 0.6) is 0 Å². The molecule has 0 saturated carbocycles. The summed E-state index contributed by atoms with van der Waals surface area (Å²) in [6, 6.07) is 0. The molecule has 0 aliphatic carbocycles. The Morgan fingerprint density at radius 3 is 0.643 bits per heavy atom. The second kappa shape index (κ2) is 5.08. The van der Waals surface area contributed by atoms with Gasteiger partial charge in [0.2, 0.25) is 0 Å². The van der Waals surface area contributed by atoms with E-state index in [9.17, 15) is 0 Å². The molecule has 0 nitrogen and oxygen atoms in total. The molecule has 7 heteroatoms. The van der Waals surface area contributed by atoms with Gasteiger partial charge in [0.15, 0.2) is 0 Å². The summed E-state index contributed by atoms with van der Waals surface area (Å²) in [5.41, 5.74) is 0. The topological polar surface area (TPSA) is 0 Å². The Morgan fingerprint density at radius 2 is 0.643 bits per heavy atom. The minimum atomic E-state index is -0.924. The van der Waals surface area contributed by atoms with Gasteiger partial charge in [-0.15, -0.1) is 0 Å². The van der Waals surface area contributed by atoms with Gasteiger partial charge in [0.1, 0.15) is 0 Å². The van der Waals surface area contributed by atoms with Crippen molar-refractivity contribution < 1.29 is 0 Å². The predicted molar refractivity (Wildman–Crippen MR) is 81.3 cm³/mol. The van der Waals surface area contributed by atoms with E-state index in [0.717, 1.165) is 0 Å². The number of hydrogen-bond acceptors (Lipinski definition) is 0. The second-order valence-electron chi connectivity index (χ2n) is 5.66. The summed E-state index contributed by atoms with van der Waals surface area (Å²) in [6.45, 7) is 17.7. The maximum atomic E-state index is 2.77. The van der Waals surface area contributed by atoms with Crippen molar-refractivity contribution in [2.24, 2.45) is 0 Å². The van der Waals surface area contributed by atoms with E-state index in [1.54, 1.807) is 0 Å². The molecule has 0 fully saturated rings. The predicted octanol–water partition coefficient (Wildman–Crippen LogP) is 1.42. The zero-order valence-electron chi connectivity index (χ0n) is 10.2. The number of rotatable bonds is 3. The molecule has 0 saturated heterocycles. The van der Waals surface area contributed by atoms with Gasteiger partial charge in [-0.3, -0.25) is 0 Å². The Morgan fingerprint density at radius 1 is 0.500 bits per heavy atom. The van der Waals surface area contributed by atoms with Gasteiger partial charge in [-0.1, -0.05) is 0 Å². The van der Waals surface area contributed by atoms with E-state index >= 15 is 0 Å². The third kappa shape index (κ3) is 3.38. The molecule has 0 spiro atoms. The van der Waals surface area contributed by atoms with Crippen LogP contribution in [0.2, 0.25) is 45.8 Å². The molecule has 0 aliphatic rings. The third-order valence-electron chi connectivity index (χ3n) is 3.61. The molecule has 0 N–H and O–H groups in total. The molecule has 0 aliphatic heterocycles. The SMILES string of the molecule is C[Si](C)([Te])[Si](C)([Si](C)(C)[Te])[Si](C)(C)[Te]. The van der Waals surface area contributed by atoms with Gasteiger partial charge in [-0.25, -0.2) is 0 Å². The molecule has 3 radical (unpaired) electrons. The van der Waals surface area contributed by atoms with Crippen LogP contribution in [0.1, 0.15) is 0 Å². The first kappa shape index (κ1) is 17.2. The Hall–Kier alpha value is 3.24. The van der Waals surface area contributed by atoms with Crippen molar-refractivity contribution in [3.63, 3.8) is 0 Å². The molecule has 0 unspecified atom stereocenters. The molecule has 0 rings (SSSR count). The first-order valence-electron chi connectivity index (χ1n) is 4.86. The summed E-state index contributed by atoms with van der Waals surface area (Å²) in [6.07, 6.45) is 0. The third-order valence-corrected chi connectivity index (χ3v) is 128. The average molecular weight is 600 g/mol. The van der Waals surface area contributed by atoms with Gasteiger partial charge >= 0.3 is 132 Å². The first-order chi connectivity index (χ1) is 5.75. The molecule has 0 aromatic heterocycles. The van der Waals surface area contributed by atoms with Gasteiger partial charge in [0.05, 0.1) is 0 Å². The van der Waals surface area contributed by atoms with Gasteiger partial charge in [-0.05, 0) is 0 Å². The van der Waals surface area contributed by atoms with Crippen LogP contribution in [-0.4, -0.2) is 86.6 Å². The quantitative estimate of drug-likeness (QED) is 0.431. The summed E-state index contributed by atoms with van der Waals surface area (Å²) in [7, 11) is 0. The normalized spacial score (nSPS) is 15.9. The molecule has 0 heterocycles. The van der Waals surface area contributed by atoms with Crippen molar-refractivity contribution in [1.82, 2.24) is 0 Å². The van der Waals surface area contributed by atoms with Crippen LogP contribution in [0.25, 0.3) is 0 Å². The van der Waals surface area contributed by atoms with E-state index in [0.29, 0.717) is 0 Å². The van der Waals surface area contributed by atoms with Crippen LogP contribution in [-0.2, 0) is 0 Å². The van der Waals surface area contributed by atoms with E-state index in [-0.39, 0.29) is 0 Å². The van der Waals surface area contributed by atoms with Crippen molar-refractivity contribution in [2.75, 3.05) is 0 Å². The summed E-state index contributed by atoms with van der Waals surface area (Å²) >= 11 is 7.67. The Kier molecular flexibility index (Phi) is 6.26. The zero-order chi connectivity index (χ0) is 12.0. The van der Waals surface area contributed by atoms with Gasteiger partial charge in [0, 0.05) is 0 Å². The van der Waals surface area contributed by atoms with Crippen LogP contribution >= 0.6 is 0 Å². The maximum absolute atomic E-state index is 2.77. The van der Waals surface area contributed by atoms with Gasteiger partial charge in [0.25, 0.3) is 0 Å². The van der Waals surface area contributed by atoms with Crippen LogP contribution in [0.4, 0.5) is 0 Å². The molecule has 83 valence electrons. The molecule has 0 atom stereocenters. The molecule has 0 bridgehead atoms. The Balaban J connectivity index is 5.54.